The molecule has 1 heterocycles. The number of aromatic hydroxyl groups is 1. The van der Waals surface area contributed by atoms with E-state index in [0.717, 1.165) is 11.3 Å². The van der Waals surface area contributed by atoms with Crippen molar-refractivity contribution in [2.24, 2.45) is 5.73 Å². The number of aromatic nitrogens is 1. The van der Waals surface area contributed by atoms with Crippen LogP contribution < -0.4 is 5.73 Å². The van der Waals surface area contributed by atoms with Crippen molar-refractivity contribution in [1.29, 1.82) is 0 Å². The summed E-state index contributed by atoms with van der Waals surface area (Å²) in [5, 5.41) is 9.16. The molecule has 78 valence electrons. The molecule has 0 saturated carbocycles. The summed E-state index contributed by atoms with van der Waals surface area (Å²) in [5.74, 6) is 1.46. The number of phenols is 1. The maximum atomic E-state index is 9.16. The number of oxazole rings is 1. The van der Waals surface area contributed by atoms with Crippen molar-refractivity contribution in [3.8, 4) is 17.1 Å². The summed E-state index contributed by atoms with van der Waals surface area (Å²) < 4.78 is 5.47. The Bertz CT molecular complexity index is 460. The summed E-state index contributed by atoms with van der Waals surface area (Å²) in [6.07, 6.45) is 0. The van der Waals surface area contributed by atoms with Gasteiger partial charge in [0.25, 0.3) is 0 Å². The fourth-order valence-electron chi connectivity index (χ4n) is 1.42. The van der Waals surface area contributed by atoms with Gasteiger partial charge in [-0.15, -0.1) is 0 Å². The van der Waals surface area contributed by atoms with Crippen LogP contribution in [-0.4, -0.2) is 10.1 Å². The normalized spacial score (nSPS) is 10.5. The van der Waals surface area contributed by atoms with Crippen molar-refractivity contribution in [2.75, 3.05) is 0 Å². The van der Waals surface area contributed by atoms with Gasteiger partial charge in [0.2, 0.25) is 5.89 Å². The minimum Gasteiger partial charge on any atom is -0.508 e. The Morgan fingerprint density at radius 2 is 2.00 bits per heavy atom. The van der Waals surface area contributed by atoms with Gasteiger partial charge in [0.05, 0.1) is 12.2 Å². The molecular weight excluding hydrogens is 192 g/mol. The summed E-state index contributed by atoms with van der Waals surface area (Å²) in [7, 11) is 0. The van der Waals surface area contributed by atoms with E-state index < -0.39 is 0 Å². The third kappa shape index (κ3) is 1.85. The maximum Gasteiger partial charge on any atom is 0.208 e. The van der Waals surface area contributed by atoms with Crippen LogP contribution in [0, 0.1) is 6.92 Å². The van der Waals surface area contributed by atoms with Crippen LogP contribution in [0.2, 0.25) is 0 Å². The third-order valence-corrected chi connectivity index (χ3v) is 2.15. The minimum absolute atomic E-state index is 0.231. The number of phenolic OH excluding ortho intramolecular Hbond substituents is 1. The molecule has 2 aromatic rings. The van der Waals surface area contributed by atoms with Gasteiger partial charge in [0, 0.05) is 5.56 Å². The number of nitrogens with zero attached hydrogens (tertiary/aromatic N) is 1. The van der Waals surface area contributed by atoms with E-state index in [2.05, 4.69) is 4.98 Å². The van der Waals surface area contributed by atoms with E-state index in [1.807, 2.05) is 6.92 Å². The Kier molecular flexibility index (Phi) is 2.43. The highest BCUT2D eigenvalue weighted by atomic mass is 16.4. The van der Waals surface area contributed by atoms with Crippen molar-refractivity contribution < 1.29 is 9.52 Å². The molecule has 0 saturated heterocycles. The van der Waals surface area contributed by atoms with Crippen LogP contribution in [0.3, 0.4) is 0 Å². The maximum absolute atomic E-state index is 9.16. The number of hydrogen-bond acceptors (Lipinski definition) is 4. The SMILES string of the molecule is Cc1nc(CN)oc1-c1ccc(O)cc1. The summed E-state index contributed by atoms with van der Waals surface area (Å²) in [6.45, 7) is 2.16. The van der Waals surface area contributed by atoms with Crippen LogP contribution in [0.4, 0.5) is 0 Å². The van der Waals surface area contributed by atoms with Gasteiger partial charge in [-0.05, 0) is 31.2 Å². The van der Waals surface area contributed by atoms with Crippen molar-refractivity contribution in [1.82, 2.24) is 4.98 Å². The van der Waals surface area contributed by atoms with E-state index >= 15 is 0 Å². The summed E-state index contributed by atoms with van der Waals surface area (Å²) in [5.41, 5.74) is 7.13. The molecule has 0 unspecified atom stereocenters. The first kappa shape index (κ1) is 9.73. The van der Waals surface area contributed by atoms with Crippen molar-refractivity contribution in [2.45, 2.75) is 13.5 Å². The van der Waals surface area contributed by atoms with E-state index in [0.29, 0.717) is 18.2 Å². The molecule has 0 fully saturated rings. The van der Waals surface area contributed by atoms with E-state index in [1.54, 1.807) is 24.3 Å². The van der Waals surface area contributed by atoms with Crippen LogP contribution in [0.15, 0.2) is 28.7 Å². The molecule has 0 aliphatic carbocycles. The van der Waals surface area contributed by atoms with Gasteiger partial charge in [-0.2, -0.15) is 0 Å². The first-order valence-corrected chi connectivity index (χ1v) is 4.66. The Morgan fingerprint density at radius 1 is 1.33 bits per heavy atom. The summed E-state index contributed by atoms with van der Waals surface area (Å²) in [6, 6.07) is 6.78. The molecule has 3 N–H and O–H groups in total. The summed E-state index contributed by atoms with van der Waals surface area (Å²) in [4.78, 5) is 4.17. The topological polar surface area (TPSA) is 72.3 Å². The Labute approximate surface area is 87.4 Å². The van der Waals surface area contributed by atoms with Gasteiger partial charge in [0.15, 0.2) is 5.76 Å². The van der Waals surface area contributed by atoms with E-state index in [9.17, 15) is 0 Å². The van der Waals surface area contributed by atoms with Crippen molar-refractivity contribution >= 4 is 0 Å². The Morgan fingerprint density at radius 3 is 2.53 bits per heavy atom. The minimum atomic E-state index is 0.231. The lowest BCUT2D eigenvalue weighted by molar-refractivity contribution is 0.475. The Balaban J connectivity index is 2.44. The molecule has 0 radical (unpaired) electrons. The highest BCUT2D eigenvalue weighted by Gasteiger charge is 2.10. The Hall–Kier alpha value is -1.81. The van der Waals surface area contributed by atoms with E-state index in [1.165, 1.54) is 0 Å². The predicted octanol–water partition coefficient (Wildman–Crippen LogP) is 1.81. The average Bonchev–Trinajstić information content (AvgIpc) is 2.61. The molecule has 0 aliphatic heterocycles. The summed E-state index contributed by atoms with van der Waals surface area (Å²) >= 11 is 0. The number of nitrogens with two attached hydrogens (primary N) is 1. The van der Waals surface area contributed by atoms with Gasteiger partial charge in [-0.25, -0.2) is 4.98 Å². The average molecular weight is 204 g/mol. The van der Waals surface area contributed by atoms with Gasteiger partial charge >= 0.3 is 0 Å². The highest BCUT2D eigenvalue weighted by molar-refractivity contribution is 5.60. The van der Waals surface area contributed by atoms with E-state index in [-0.39, 0.29) is 5.75 Å². The van der Waals surface area contributed by atoms with Gasteiger partial charge in [0.1, 0.15) is 5.75 Å². The van der Waals surface area contributed by atoms with Gasteiger partial charge in [-0.3, -0.25) is 0 Å². The molecule has 0 atom stereocenters. The molecule has 4 nitrogen and oxygen atoms in total. The molecule has 0 spiro atoms. The molecule has 2 rings (SSSR count). The van der Waals surface area contributed by atoms with Crippen molar-refractivity contribution in [3.05, 3.63) is 35.9 Å². The lowest BCUT2D eigenvalue weighted by Crippen LogP contribution is -1.95. The smallest absolute Gasteiger partial charge is 0.208 e. The van der Waals surface area contributed by atoms with Gasteiger partial charge in [-0.1, -0.05) is 0 Å². The zero-order valence-corrected chi connectivity index (χ0v) is 8.40. The lowest BCUT2D eigenvalue weighted by Gasteiger charge is -1.97. The third-order valence-electron chi connectivity index (χ3n) is 2.15. The molecule has 4 heteroatoms. The van der Waals surface area contributed by atoms with Gasteiger partial charge < -0.3 is 15.3 Å². The standard InChI is InChI=1S/C11H12N2O2/c1-7-11(15-10(6-12)13-7)8-2-4-9(14)5-3-8/h2-5,14H,6,12H2,1H3. The predicted molar refractivity (Wildman–Crippen MR) is 56.2 cm³/mol. The van der Waals surface area contributed by atoms with Crippen LogP contribution in [0.25, 0.3) is 11.3 Å². The number of rotatable bonds is 2. The largest absolute Gasteiger partial charge is 0.508 e. The van der Waals surface area contributed by atoms with Crippen LogP contribution in [0.5, 0.6) is 5.75 Å². The van der Waals surface area contributed by atoms with Crippen LogP contribution >= 0.6 is 0 Å². The number of aryl methyl sites for hydroxylation is 1. The van der Waals surface area contributed by atoms with Crippen molar-refractivity contribution in [3.63, 3.8) is 0 Å². The quantitative estimate of drug-likeness (QED) is 0.782. The zero-order valence-electron chi connectivity index (χ0n) is 8.40. The molecule has 0 aliphatic rings. The van der Waals surface area contributed by atoms with E-state index in [4.69, 9.17) is 15.3 Å². The number of benzene rings is 1. The number of hydrogen-bond donors (Lipinski definition) is 2. The molecule has 15 heavy (non-hydrogen) atoms. The van der Waals surface area contributed by atoms with Crippen LogP contribution in [-0.2, 0) is 6.54 Å². The first-order valence-electron chi connectivity index (χ1n) is 4.66. The second kappa shape index (κ2) is 3.74. The molecule has 1 aromatic heterocycles. The molecule has 1 aromatic carbocycles. The monoisotopic (exact) mass is 204 g/mol. The fourth-order valence-corrected chi connectivity index (χ4v) is 1.42. The second-order valence-corrected chi connectivity index (χ2v) is 3.27. The lowest BCUT2D eigenvalue weighted by atomic mass is 10.1. The highest BCUT2D eigenvalue weighted by Crippen LogP contribution is 2.25. The molecular formula is C11H12N2O2. The zero-order chi connectivity index (χ0) is 10.8. The fraction of sp³-hybridized carbons (Fsp3) is 0.182. The second-order valence-electron chi connectivity index (χ2n) is 3.27. The molecule has 0 amide bonds. The van der Waals surface area contributed by atoms with Crippen LogP contribution in [0.1, 0.15) is 11.6 Å². The first-order chi connectivity index (χ1) is 7.20. The molecule has 0 bridgehead atoms.